The molecule has 0 saturated heterocycles. The van der Waals surface area contributed by atoms with E-state index in [1.165, 1.54) is 24.3 Å². The molecule has 0 radical (unpaired) electrons. The van der Waals surface area contributed by atoms with Crippen LogP contribution < -0.4 is 11.1 Å². The van der Waals surface area contributed by atoms with Crippen LogP contribution in [0.2, 0.25) is 0 Å². The number of primary amides is 1. The van der Waals surface area contributed by atoms with Crippen LogP contribution in [0.3, 0.4) is 0 Å². The SMILES string of the molecule is CC[C@@H](Nc1ccc(SC(F)(F)F)cc1)C(N)=O. The number of thioether (sulfide) groups is 1. The average Bonchev–Trinajstić information content (AvgIpc) is 2.25. The zero-order chi connectivity index (χ0) is 13.8. The average molecular weight is 278 g/mol. The lowest BCUT2D eigenvalue weighted by Crippen LogP contribution is -2.34. The smallest absolute Gasteiger partial charge is 0.374 e. The zero-order valence-electron chi connectivity index (χ0n) is 9.62. The van der Waals surface area contributed by atoms with Gasteiger partial charge in [-0.05, 0) is 42.4 Å². The third kappa shape index (κ3) is 4.87. The number of amides is 1. The molecule has 1 rings (SSSR count). The quantitative estimate of drug-likeness (QED) is 0.814. The van der Waals surface area contributed by atoms with Gasteiger partial charge in [0.05, 0.1) is 0 Å². The third-order valence-electron chi connectivity index (χ3n) is 2.18. The highest BCUT2D eigenvalue weighted by Gasteiger charge is 2.29. The van der Waals surface area contributed by atoms with Crippen molar-refractivity contribution < 1.29 is 18.0 Å². The lowest BCUT2D eigenvalue weighted by atomic mass is 10.2. The van der Waals surface area contributed by atoms with Crippen LogP contribution in [-0.2, 0) is 4.79 Å². The molecule has 0 bridgehead atoms. The molecular formula is C11H13F3N2OS. The van der Waals surface area contributed by atoms with Gasteiger partial charge in [0.1, 0.15) is 6.04 Å². The molecule has 7 heteroatoms. The molecule has 0 aliphatic rings. The molecule has 1 amide bonds. The summed E-state index contributed by atoms with van der Waals surface area (Å²) in [6.45, 7) is 1.79. The van der Waals surface area contributed by atoms with Crippen LogP contribution in [0, 0.1) is 0 Å². The van der Waals surface area contributed by atoms with Crippen molar-refractivity contribution in [3.8, 4) is 0 Å². The van der Waals surface area contributed by atoms with E-state index in [1.807, 2.05) is 0 Å². The van der Waals surface area contributed by atoms with E-state index in [-0.39, 0.29) is 16.7 Å². The summed E-state index contributed by atoms with van der Waals surface area (Å²) >= 11 is -0.179. The van der Waals surface area contributed by atoms with Crippen molar-refractivity contribution in [2.45, 2.75) is 29.8 Å². The molecule has 100 valence electrons. The van der Waals surface area contributed by atoms with Crippen LogP contribution in [0.1, 0.15) is 13.3 Å². The summed E-state index contributed by atoms with van der Waals surface area (Å²) in [5, 5.41) is 2.85. The minimum Gasteiger partial charge on any atom is -0.374 e. The van der Waals surface area contributed by atoms with Crippen molar-refractivity contribution in [2.75, 3.05) is 5.32 Å². The third-order valence-corrected chi connectivity index (χ3v) is 2.92. The number of benzene rings is 1. The van der Waals surface area contributed by atoms with Crippen LogP contribution in [0.5, 0.6) is 0 Å². The normalized spacial score (nSPS) is 13.1. The summed E-state index contributed by atoms with van der Waals surface area (Å²) in [4.78, 5) is 11.1. The molecule has 0 saturated carbocycles. The van der Waals surface area contributed by atoms with Gasteiger partial charge in [0, 0.05) is 10.6 Å². The Balaban J connectivity index is 2.68. The second-order valence-electron chi connectivity index (χ2n) is 3.58. The Kier molecular flexibility index (Phi) is 4.89. The first-order valence-corrected chi connectivity index (χ1v) is 6.05. The number of hydrogen-bond acceptors (Lipinski definition) is 3. The van der Waals surface area contributed by atoms with Gasteiger partial charge in [-0.15, -0.1) is 0 Å². The monoisotopic (exact) mass is 278 g/mol. The fraction of sp³-hybridized carbons (Fsp3) is 0.364. The molecule has 0 heterocycles. The first kappa shape index (κ1) is 14.7. The zero-order valence-corrected chi connectivity index (χ0v) is 10.4. The number of rotatable bonds is 5. The van der Waals surface area contributed by atoms with Gasteiger partial charge in [0.15, 0.2) is 0 Å². The first-order valence-electron chi connectivity index (χ1n) is 5.23. The first-order chi connectivity index (χ1) is 8.31. The van der Waals surface area contributed by atoms with Crippen LogP contribution >= 0.6 is 11.8 Å². The lowest BCUT2D eigenvalue weighted by Gasteiger charge is -2.15. The van der Waals surface area contributed by atoms with Gasteiger partial charge in [-0.3, -0.25) is 4.79 Å². The van der Waals surface area contributed by atoms with E-state index in [9.17, 15) is 18.0 Å². The van der Waals surface area contributed by atoms with Gasteiger partial charge in [-0.25, -0.2) is 0 Å². The van der Waals surface area contributed by atoms with Crippen LogP contribution in [0.15, 0.2) is 29.2 Å². The van der Waals surface area contributed by atoms with Crippen molar-refractivity contribution >= 4 is 23.4 Å². The van der Waals surface area contributed by atoms with E-state index < -0.39 is 17.5 Å². The van der Waals surface area contributed by atoms with E-state index >= 15 is 0 Å². The lowest BCUT2D eigenvalue weighted by molar-refractivity contribution is -0.118. The van der Waals surface area contributed by atoms with Crippen LogP contribution in [0.4, 0.5) is 18.9 Å². The number of nitrogens with one attached hydrogen (secondary N) is 1. The van der Waals surface area contributed by atoms with Crippen molar-refractivity contribution in [1.82, 2.24) is 0 Å². The highest BCUT2D eigenvalue weighted by atomic mass is 32.2. The van der Waals surface area contributed by atoms with Gasteiger partial charge >= 0.3 is 5.51 Å². The molecule has 0 spiro atoms. The maximum Gasteiger partial charge on any atom is 0.446 e. The van der Waals surface area contributed by atoms with Crippen molar-refractivity contribution in [3.05, 3.63) is 24.3 Å². The van der Waals surface area contributed by atoms with Crippen molar-refractivity contribution in [1.29, 1.82) is 0 Å². The highest BCUT2D eigenvalue weighted by molar-refractivity contribution is 8.00. The van der Waals surface area contributed by atoms with E-state index in [2.05, 4.69) is 5.32 Å². The molecular weight excluding hydrogens is 265 g/mol. The molecule has 1 aromatic carbocycles. The second-order valence-corrected chi connectivity index (χ2v) is 4.72. The second kappa shape index (κ2) is 5.99. The molecule has 1 aromatic rings. The minimum atomic E-state index is -4.30. The molecule has 18 heavy (non-hydrogen) atoms. The van der Waals surface area contributed by atoms with Gasteiger partial charge in [-0.1, -0.05) is 6.92 Å². The summed E-state index contributed by atoms with van der Waals surface area (Å²) in [6, 6.07) is 5.13. The summed E-state index contributed by atoms with van der Waals surface area (Å²) in [5.41, 5.74) is 1.42. The highest BCUT2D eigenvalue weighted by Crippen LogP contribution is 2.37. The molecule has 0 aromatic heterocycles. The van der Waals surface area contributed by atoms with Gasteiger partial charge in [-0.2, -0.15) is 13.2 Å². The Morgan fingerprint density at radius 2 is 1.94 bits per heavy atom. The predicted molar refractivity (Wildman–Crippen MR) is 65.3 cm³/mol. The minimum absolute atomic E-state index is 0.0974. The van der Waals surface area contributed by atoms with Gasteiger partial charge in [0.2, 0.25) is 5.91 Å². The number of anilines is 1. The van der Waals surface area contributed by atoms with Crippen molar-refractivity contribution in [3.63, 3.8) is 0 Å². The fourth-order valence-electron chi connectivity index (χ4n) is 1.33. The molecule has 3 N–H and O–H groups in total. The van der Waals surface area contributed by atoms with Crippen molar-refractivity contribution in [2.24, 2.45) is 5.73 Å². The van der Waals surface area contributed by atoms with E-state index in [4.69, 9.17) is 5.73 Å². The number of nitrogens with two attached hydrogens (primary N) is 1. The number of carbonyl (C=O) groups is 1. The summed E-state index contributed by atoms with van der Waals surface area (Å²) < 4.78 is 36.3. The maximum atomic E-state index is 12.1. The Labute approximate surface area is 107 Å². The number of carbonyl (C=O) groups excluding carboxylic acids is 1. The Morgan fingerprint density at radius 1 is 1.39 bits per heavy atom. The number of halogens is 3. The van der Waals surface area contributed by atoms with Gasteiger partial charge in [0.25, 0.3) is 0 Å². The number of alkyl halides is 3. The molecule has 0 aliphatic heterocycles. The molecule has 0 unspecified atom stereocenters. The van der Waals surface area contributed by atoms with E-state index in [0.29, 0.717) is 12.1 Å². The molecule has 1 atom stereocenters. The largest absolute Gasteiger partial charge is 0.446 e. The summed E-state index contributed by atoms with van der Waals surface area (Å²) in [6.07, 6.45) is 0.508. The van der Waals surface area contributed by atoms with E-state index in [0.717, 1.165) is 0 Å². The Hall–Kier alpha value is -1.37. The molecule has 3 nitrogen and oxygen atoms in total. The predicted octanol–water partition coefficient (Wildman–Crippen LogP) is 2.97. The Bertz CT molecular complexity index is 406. The molecule has 0 aliphatic carbocycles. The summed E-state index contributed by atoms with van der Waals surface area (Å²) in [7, 11) is 0. The fourth-order valence-corrected chi connectivity index (χ4v) is 1.87. The van der Waals surface area contributed by atoms with Crippen LogP contribution in [-0.4, -0.2) is 17.5 Å². The topological polar surface area (TPSA) is 55.1 Å². The number of hydrogen-bond donors (Lipinski definition) is 2. The van der Waals surface area contributed by atoms with E-state index in [1.54, 1.807) is 6.92 Å². The standard InChI is InChI=1S/C11H13F3N2OS/c1-2-9(10(15)17)16-7-3-5-8(6-4-7)18-11(12,13)14/h3-6,9,16H,2H2,1H3,(H2,15,17)/t9-/m1/s1. The Morgan fingerprint density at radius 3 is 2.33 bits per heavy atom. The van der Waals surface area contributed by atoms with Gasteiger partial charge < -0.3 is 11.1 Å². The van der Waals surface area contributed by atoms with Crippen LogP contribution in [0.25, 0.3) is 0 Å². The summed E-state index contributed by atoms with van der Waals surface area (Å²) in [5.74, 6) is -0.494. The molecule has 0 fully saturated rings. The maximum absolute atomic E-state index is 12.1.